The minimum absolute atomic E-state index is 0.0338. The number of benzene rings is 2. The van der Waals surface area contributed by atoms with Crippen LogP contribution in [0.5, 0.6) is 0 Å². The summed E-state index contributed by atoms with van der Waals surface area (Å²) in [5.41, 5.74) is 4.78. The molecule has 6 nitrogen and oxygen atoms in total. The van der Waals surface area contributed by atoms with Gasteiger partial charge in [0, 0.05) is 32.0 Å². The molecule has 1 fully saturated rings. The third-order valence-electron chi connectivity index (χ3n) is 5.66. The molecular weight excluding hydrogens is 368 g/mol. The lowest BCUT2D eigenvalue weighted by atomic mass is 9.98. The van der Waals surface area contributed by atoms with Gasteiger partial charge in [-0.1, -0.05) is 48.5 Å². The van der Waals surface area contributed by atoms with E-state index in [0.29, 0.717) is 13.1 Å². The molecule has 2 aliphatic rings. The van der Waals surface area contributed by atoms with Crippen molar-refractivity contribution in [1.82, 2.24) is 10.2 Å². The van der Waals surface area contributed by atoms with Crippen LogP contribution in [0.4, 0.5) is 4.79 Å². The Labute approximate surface area is 170 Å². The first-order valence-corrected chi connectivity index (χ1v) is 10.2. The lowest BCUT2D eigenvalue weighted by molar-refractivity contribution is -0.247. The van der Waals surface area contributed by atoms with E-state index >= 15 is 0 Å². The molecule has 0 spiro atoms. The first-order valence-electron chi connectivity index (χ1n) is 10.2. The summed E-state index contributed by atoms with van der Waals surface area (Å²) in [6, 6.07) is 16.5. The second-order valence-corrected chi connectivity index (χ2v) is 7.70. The number of rotatable bonds is 4. The minimum Gasteiger partial charge on any atom is -0.352 e. The maximum absolute atomic E-state index is 12.5. The Hall–Kier alpha value is -2.86. The van der Waals surface area contributed by atoms with Crippen molar-refractivity contribution in [2.75, 3.05) is 19.7 Å². The molecule has 6 heteroatoms. The van der Waals surface area contributed by atoms with Crippen LogP contribution in [0.15, 0.2) is 48.5 Å². The Kier molecular flexibility index (Phi) is 5.81. The van der Waals surface area contributed by atoms with Crippen LogP contribution in [-0.2, 0) is 14.6 Å². The summed E-state index contributed by atoms with van der Waals surface area (Å²) in [6.45, 7) is 2.81. The summed E-state index contributed by atoms with van der Waals surface area (Å²) in [4.78, 5) is 36.1. The maximum Gasteiger partial charge on any atom is 0.441 e. The van der Waals surface area contributed by atoms with E-state index in [2.05, 4.69) is 29.6 Å². The average Bonchev–Trinajstić information content (AvgIpc) is 2.85. The van der Waals surface area contributed by atoms with Crippen LogP contribution >= 0.6 is 0 Å². The molecule has 2 aromatic carbocycles. The van der Waals surface area contributed by atoms with Crippen molar-refractivity contribution in [3.05, 3.63) is 59.7 Å². The summed E-state index contributed by atoms with van der Waals surface area (Å²) >= 11 is 0. The van der Waals surface area contributed by atoms with Crippen molar-refractivity contribution < 1.29 is 19.4 Å². The molecule has 1 aliphatic carbocycles. The number of carbonyl (C=O) groups is 2. The van der Waals surface area contributed by atoms with E-state index in [9.17, 15) is 9.59 Å². The second-order valence-electron chi connectivity index (χ2n) is 7.70. The van der Waals surface area contributed by atoms with Gasteiger partial charge in [0.15, 0.2) is 0 Å². The van der Waals surface area contributed by atoms with Crippen molar-refractivity contribution in [2.24, 2.45) is 0 Å². The Morgan fingerprint density at radius 3 is 2.34 bits per heavy atom. The Morgan fingerprint density at radius 2 is 1.69 bits per heavy atom. The van der Waals surface area contributed by atoms with E-state index in [-0.39, 0.29) is 24.5 Å². The van der Waals surface area contributed by atoms with Crippen molar-refractivity contribution in [2.45, 2.75) is 38.1 Å². The molecule has 1 saturated heterocycles. The topological polar surface area (TPSA) is 67.9 Å². The molecule has 2 amide bonds. The van der Waals surface area contributed by atoms with Gasteiger partial charge in [-0.2, -0.15) is 4.89 Å². The van der Waals surface area contributed by atoms with Gasteiger partial charge in [0.25, 0.3) is 0 Å². The van der Waals surface area contributed by atoms with Crippen LogP contribution in [0.1, 0.15) is 43.2 Å². The molecular formula is C23H26N2O4. The summed E-state index contributed by atoms with van der Waals surface area (Å²) in [6.07, 6.45) is 2.21. The third-order valence-corrected chi connectivity index (χ3v) is 5.66. The fourth-order valence-electron chi connectivity index (χ4n) is 4.36. The Balaban J connectivity index is 1.37. The number of amides is 2. The molecule has 1 atom stereocenters. The first-order chi connectivity index (χ1) is 14.1. The van der Waals surface area contributed by atoms with Crippen LogP contribution in [0.3, 0.4) is 0 Å². The van der Waals surface area contributed by atoms with Crippen LogP contribution < -0.4 is 5.32 Å². The minimum atomic E-state index is -0.498. The van der Waals surface area contributed by atoms with Gasteiger partial charge in [-0.3, -0.25) is 9.68 Å². The third kappa shape index (κ3) is 4.27. The monoisotopic (exact) mass is 394 g/mol. The number of hydrogen-bond acceptors (Lipinski definition) is 4. The molecule has 0 aromatic heterocycles. The van der Waals surface area contributed by atoms with Crippen LogP contribution in [0.25, 0.3) is 11.1 Å². The largest absolute Gasteiger partial charge is 0.441 e. The van der Waals surface area contributed by atoms with E-state index < -0.39 is 6.09 Å². The van der Waals surface area contributed by atoms with Crippen molar-refractivity contribution in [1.29, 1.82) is 0 Å². The Morgan fingerprint density at radius 1 is 1.03 bits per heavy atom. The number of hydrogen-bond donors (Lipinski definition) is 1. The lowest BCUT2D eigenvalue weighted by Crippen LogP contribution is -2.44. The lowest BCUT2D eigenvalue weighted by Gasteiger charge is -2.23. The Bertz CT molecular complexity index is 852. The SMILES string of the molecule is CC(=O)NC1CCCCN(C(=O)OOCC2c3ccccc3-c3ccccc32)C1. The standard InChI is InChI=1S/C23H26N2O4/c1-16(26)24-17-8-6-7-13-25(14-17)23(27)29-28-15-22-20-11-4-2-9-18(20)19-10-3-5-12-21(19)22/h2-5,9-12,17,22H,6-8,13-15H2,1H3,(H,24,26). The number of fused-ring (bicyclic) bond motifs is 3. The molecule has 29 heavy (non-hydrogen) atoms. The van der Waals surface area contributed by atoms with Gasteiger partial charge in [-0.25, -0.2) is 4.79 Å². The van der Waals surface area contributed by atoms with Gasteiger partial charge in [0.05, 0.1) is 0 Å². The van der Waals surface area contributed by atoms with Gasteiger partial charge in [0.2, 0.25) is 5.91 Å². The predicted octanol–water partition coefficient (Wildman–Crippen LogP) is 3.86. The average molecular weight is 394 g/mol. The van der Waals surface area contributed by atoms with Crippen molar-refractivity contribution in [3.8, 4) is 11.1 Å². The molecule has 0 bridgehead atoms. The van der Waals surface area contributed by atoms with E-state index in [4.69, 9.17) is 9.78 Å². The van der Waals surface area contributed by atoms with Crippen LogP contribution in [0.2, 0.25) is 0 Å². The fraction of sp³-hybridized carbons (Fsp3) is 0.391. The molecule has 0 saturated carbocycles. The highest BCUT2D eigenvalue weighted by atomic mass is 17.2. The summed E-state index contributed by atoms with van der Waals surface area (Å²) < 4.78 is 0. The molecule has 1 unspecified atom stereocenters. The van der Waals surface area contributed by atoms with Crippen LogP contribution in [0, 0.1) is 0 Å². The molecule has 1 N–H and O–H groups in total. The highest BCUT2D eigenvalue weighted by Gasteiger charge is 2.29. The number of carbonyl (C=O) groups excluding carboxylic acids is 2. The van der Waals surface area contributed by atoms with Crippen molar-refractivity contribution in [3.63, 3.8) is 0 Å². The smallest absolute Gasteiger partial charge is 0.352 e. The van der Waals surface area contributed by atoms with Gasteiger partial charge >= 0.3 is 6.09 Å². The second kappa shape index (κ2) is 8.66. The zero-order valence-electron chi connectivity index (χ0n) is 16.6. The van der Waals surface area contributed by atoms with Gasteiger partial charge < -0.3 is 10.2 Å². The van der Waals surface area contributed by atoms with E-state index in [1.807, 2.05) is 24.3 Å². The number of nitrogens with zero attached hydrogens (tertiary/aromatic N) is 1. The molecule has 0 radical (unpaired) electrons. The summed E-state index contributed by atoms with van der Waals surface area (Å²) in [5.74, 6) is -0.0495. The molecule has 1 aliphatic heterocycles. The highest BCUT2D eigenvalue weighted by Crippen LogP contribution is 2.44. The first kappa shape index (κ1) is 19.5. The van der Waals surface area contributed by atoms with Crippen molar-refractivity contribution >= 4 is 12.0 Å². The summed E-state index contributed by atoms with van der Waals surface area (Å²) in [5, 5.41) is 2.90. The maximum atomic E-state index is 12.5. The van der Waals surface area contributed by atoms with E-state index in [0.717, 1.165) is 19.3 Å². The number of likely N-dealkylation sites (tertiary alicyclic amines) is 1. The molecule has 1 heterocycles. The van der Waals surface area contributed by atoms with Gasteiger partial charge in [-0.05, 0) is 41.5 Å². The summed E-state index contributed by atoms with van der Waals surface area (Å²) in [7, 11) is 0. The highest BCUT2D eigenvalue weighted by molar-refractivity contribution is 5.78. The molecule has 4 rings (SSSR count). The molecule has 152 valence electrons. The van der Waals surface area contributed by atoms with Gasteiger partial charge in [-0.15, -0.1) is 0 Å². The van der Waals surface area contributed by atoms with Gasteiger partial charge in [0.1, 0.15) is 6.61 Å². The van der Waals surface area contributed by atoms with E-state index in [1.165, 1.54) is 29.2 Å². The van der Waals surface area contributed by atoms with Crippen LogP contribution in [-0.4, -0.2) is 42.6 Å². The zero-order valence-corrected chi connectivity index (χ0v) is 16.6. The zero-order chi connectivity index (χ0) is 20.2. The fourth-order valence-corrected chi connectivity index (χ4v) is 4.36. The number of nitrogens with one attached hydrogen (secondary N) is 1. The van der Waals surface area contributed by atoms with E-state index in [1.54, 1.807) is 4.90 Å². The predicted molar refractivity (Wildman–Crippen MR) is 109 cm³/mol. The molecule has 2 aromatic rings. The normalized spacial score (nSPS) is 18.5. The quantitative estimate of drug-likeness (QED) is 0.632.